The zero-order chi connectivity index (χ0) is 12.8. The fourth-order valence-electron chi connectivity index (χ4n) is 2.50. The number of nitriles is 1. The number of pyridine rings is 1. The summed E-state index contributed by atoms with van der Waals surface area (Å²) in [5, 5.41) is 12.6. The zero-order valence-corrected chi connectivity index (χ0v) is 10.7. The number of hydrogen-bond acceptors (Lipinski definition) is 3. The Labute approximate surface area is 113 Å². The van der Waals surface area contributed by atoms with Crippen molar-refractivity contribution in [1.29, 1.82) is 5.26 Å². The molecule has 4 aromatic rings. The van der Waals surface area contributed by atoms with Crippen molar-refractivity contribution in [3.8, 4) is 6.07 Å². The lowest BCUT2D eigenvalue weighted by molar-refractivity contribution is 1.49. The lowest BCUT2D eigenvalue weighted by Crippen LogP contribution is -1.85. The first-order valence-corrected chi connectivity index (χ1v) is 6.80. The highest BCUT2D eigenvalue weighted by Crippen LogP contribution is 2.37. The Hall–Kier alpha value is -2.44. The SMILES string of the molecule is N#Cc1c2ccccc2nc2sc3ccccc3c12. The Morgan fingerprint density at radius 1 is 0.947 bits per heavy atom. The van der Waals surface area contributed by atoms with Gasteiger partial charge in [-0.2, -0.15) is 5.26 Å². The second-order valence-electron chi connectivity index (χ2n) is 4.39. The first kappa shape index (κ1) is 10.5. The van der Waals surface area contributed by atoms with Gasteiger partial charge in [0.1, 0.15) is 10.9 Å². The van der Waals surface area contributed by atoms with Gasteiger partial charge >= 0.3 is 0 Å². The number of thiophene rings is 1. The summed E-state index contributed by atoms with van der Waals surface area (Å²) in [5.41, 5.74) is 1.62. The van der Waals surface area contributed by atoms with Crippen LogP contribution in [0.25, 0.3) is 31.2 Å². The Balaban J connectivity index is 2.37. The summed E-state index contributed by atoms with van der Waals surface area (Å²) in [4.78, 5) is 5.63. The lowest BCUT2D eigenvalue weighted by atomic mass is 10.0. The first-order chi connectivity index (χ1) is 9.38. The molecule has 0 fully saturated rings. The second kappa shape index (κ2) is 3.78. The molecule has 0 amide bonds. The lowest BCUT2D eigenvalue weighted by Gasteiger charge is -2.01. The highest BCUT2D eigenvalue weighted by molar-refractivity contribution is 7.25. The van der Waals surface area contributed by atoms with E-state index in [0.29, 0.717) is 0 Å². The maximum absolute atomic E-state index is 9.54. The van der Waals surface area contributed by atoms with Gasteiger partial charge in [-0.05, 0) is 12.1 Å². The molecule has 0 saturated carbocycles. The molecule has 2 aromatic carbocycles. The fourth-order valence-corrected chi connectivity index (χ4v) is 3.59. The molecule has 0 N–H and O–H groups in total. The minimum absolute atomic E-state index is 0.734. The highest BCUT2D eigenvalue weighted by Gasteiger charge is 2.13. The van der Waals surface area contributed by atoms with Crippen LogP contribution < -0.4 is 0 Å². The molecule has 3 heteroatoms. The minimum atomic E-state index is 0.734. The molecule has 0 bridgehead atoms. The van der Waals surface area contributed by atoms with Gasteiger partial charge in [-0.3, -0.25) is 0 Å². The van der Waals surface area contributed by atoms with Gasteiger partial charge in [-0.25, -0.2) is 4.98 Å². The third-order valence-corrected chi connectivity index (χ3v) is 4.40. The molecule has 0 aliphatic heterocycles. The van der Waals surface area contributed by atoms with E-state index in [-0.39, 0.29) is 0 Å². The quantitative estimate of drug-likeness (QED) is 0.467. The molecule has 2 aromatic heterocycles. The van der Waals surface area contributed by atoms with E-state index in [2.05, 4.69) is 18.2 Å². The summed E-state index contributed by atoms with van der Waals surface area (Å²) in [6, 6.07) is 18.3. The second-order valence-corrected chi connectivity index (χ2v) is 5.42. The van der Waals surface area contributed by atoms with Crippen LogP contribution in [0.3, 0.4) is 0 Å². The molecule has 0 aliphatic carbocycles. The van der Waals surface area contributed by atoms with Gasteiger partial charge in [0.05, 0.1) is 11.1 Å². The maximum Gasteiger partial charge on any atom is 0.126 e. The van der Waals surface area contributed by atoms with Crippen molar-refractivity contribution in [1.82, 2.24) is 4.98 Å². The molecule has 0 radical (unpaired) electrons. The van der Waals surface area contributed by atoms with Gasteiger partial charge in [-0.15, -0.1) is 11.3 Å². The van der Waals surface area contributed by atoms with Crippen LogP contribution in [0.5, 0.6) is 0 Å². The predicted octanol–water partition coefficient (Wildman–Crippen LogP) is 4.47. The third kappa shape index (κ3) is 1.38. The van der Waals surface area contributed by atoms with Gasteiger partial charge < -0.3 is 0 Å². The molecular formula is C16H8N2S. The largest absolute Gasteiger partial charge is 0.237 e. The van der Waals surface area contributed by atoms with E-state index in [9.17, 15) is 5.26 Å². The van der Waals surface area contributed by atoms with Crippen molar-refractivity contribution in [2.45, 2.75) is 0 Å². The topological polar surface area (TPSA) is 36.7 Å². The van der Waals surface area contributed by atoms with Crippen LogP contribution in [-0.4, -0.2) is 4.98 Å². The molecule has 88 valence electrons. The summed E-state index contributed by atoms with van der Waals surface area (Å²) in [7, 11) is 0. The van der Waals surface area contributed by atoms with Crippen molar-refractivity contribution < 1.29 is 0 Å². The minimum Gasteiger partial charge on any atom is -0.237 e. The van der Waals surface area contributed by atoms with Crippen molar-refractivity contribution in [2.75, 3.05) is 0 Å². The van der Waals surface area contributed by atoms with Gasteiger partial charge in [0.25, 0.3) is 0 Å². The summed E-state index contributed by atoms with van der Waals surface area (Å²) in [6.07, 6.45) is 0. The van der Waals surface area contributed by atoms with Crippen LogP contribution in [0, 0.1) is 11.3 Å². The van der Waals surface area contributed by atoms with Gasteiger partial charge in [-0.1, -0.05) is 36.4 Å². The molecule has 2 heterocycles. The smallest absolute Gasteiger partial charge is 0.126 e. The number of benzene rings is 2. The molecule has 0 atom stereocenters. The van der Waals surface area contributed by atoms with E-state index in [1.165, 1.54) is 4.70 Å². The van der Waals surface area contributed by atoms with Gasteiger partial charge in [0.2, 0.25) is 0 Å². The Kier molecular flexibility index (Phi) is 2.08. The molecule has 2 nitrogen and oxygen atoms in total. The van der Waals surface area contributed by atoms with Crippen LogP contribution in [0.15, 0.2) is 48.5 Å². The standard InChI is InChI=1S/C16H8N2S/c17-9-12-10-5-1-3-7-13(10)18-16-15(12)11-6-2-4-8-14(11)19-16/h1-8H. The van der Waals surface area contributed by atoms with Crippen molar-refractivity contribution in [3.05, 3.63) is 54.1 Å². The third-order valence-electron chi connectivity index (χ3n) is 3.33. The van der Waals surface area contributed by atoms with Crippen molar-refractivity contribution >= 4 is 42.5 Å². The van der Waals surface area contributed by atoms with Crippen molar-refractivity contribution in [2.24, 2.45) is 0 Å². The molecule has 4 rings (SSSR count). The van der Waals surface area contributed by atoms with Gasteiger partial charge in [0.15, 0.2) is 0 Å². The molecule has 19 heavy (non-hydrogen) atoms. The Morgan fingerprint density at radius 3 is 2.53 bits per heavy atom. The van der Waals surface area contributed by atoms with Crippen LogP contribution >= 0.6 is 11.3 Å². The van der Waals surface area contributed by atoms with Crippen LogP contribution in [0.4, 0.5) is 0 Å². The zero-order valence-electron chi connectivity index (χ0n) is 9.92. The Bertz CT molecular complexity index is 976. The average Bonchev–Trinajstić information content (AvgIpc) is 2.82. The average molecular weight is 260 g/mol. The van der Waals surface area contributed by atoms with E-state index < -0.39 is 0 Å². The summed E-state index contributed by atoms with van der Waals surface area (Å²) in [5.74, 6) is 0. The first-order valence-electron chi connectivity index (χ1n) is 5.98. The van der Waals surface area contributed by atoms with Crippen LogP contribution in [-0.2, 0) is 0 Å². The molecule has 0 aliphatic rings. The highest BCUT2D eigenvalue weighted by atomic mass is 32.1. The number of rotatable bonds is 0. The molecule has 0 saturated heterocycles. The summed E-state index contributed by atoms with van der Waals surface area (Å²) >= 11 is 1.64. The monoisotopic (exact) mass is 260 g/mol. The summed E-state index contributed by atoms with van der Waals surface area (Å²) in [6.45, 7) is 0. The van der Waals surface area contributed by atoms with Crippen LogP contribution in [0.2, 0.25) is 0 Å². The molecule has 0 spiro atoms. The molecule has 0 unspecified atom stereocenters. The maximum atomic E-state index is 9.54. The number of fused-ring (bicyclic) bond motifs is 4. The van der Waals surface area contributed by atoms with Crippen molar-refractivity contribution in [3.63, 3.8) is 0 Å². The number of aromatic nitrogens is 1. The molecular weight excluding hydrogens is 252 g/mol. The normalized spacial score (nSPS) is 11.1. The Morgan fingerprint density at radius 2 is 1.68 bits per heavy atom. The van der Waals surface area contributed by atoms with E-state index in [4.69, 9.17) is 4.98 Å². The van der Waals surface area contributed by atoms with E-state index >= 15 is 0 Å². The van der Waals surface area contributed by atoms with Crippen LogP contribution in [0.1, 0.15) is 5.56 Å². The van der Waals surface area contributed by atoms with E-state index in [0.717, 1.165) is 32.1 Å². The number of para-hydroxylation sites is 1. The number of hydrogen-bond donors (Lipinski definition) is 0. The fraction of sp³-hybridized carbons (Fsp3) is 0. The van der Waals surface area contributed by atoms with Gasteiger partial charge in [0, 0.05) is 20.9 Å². The van der Waals surface area contributed by atoms with E-state index in [1.54, 1.807) is 11.3 Å². The number of nitrogens with zero attached hydrogens (tertiary/aromatic N) is 2. The van der Waals surface area contributed by atoms with E-state index in [1.807, 2.05) is 36.4 Å². The predicted molar refractivity (Wildman–Crippen MR) is 79.3 cm³/mol. The summed E-state index contributed by atoms with van der Waals surface area (Å²) < 4.78 is 1.18.